The number of ether oxygens (including phenoxy) is 1. The van der Waals surface area contributed by atoms with E-state index in [4.69, 9.17) is 4.74 Å². The van der Waals surface area contributed by atoms with E-state index in [2.05, 4.69) is 26.0 Å². The minimum Gasteiger partial charge on any atom is -0.492 e. The van der Waals surface area contributed by atoms with E-state index in [1.807, 2.05) is 12.1 Å². The maximum Gasteiger partial charge on any atom is 0.140 e. The highest BCUT2D eigenvalue weighted by Gasteiger charge is 2.25. The van der Waals surface area contributed by atoms with Gasteiger partial charge in [-0.3, -0.25) is 0 Å². The second-order valence-electron chi connectivity index (χ2n) is 8.31. The van der Waals surface area contributed by atoms with Crippen LogP contribution in [-0.4, -0.2) is 6.61 Å². The molecular weight excluding hydrogens is 330 g/mol. The monoisotopic (exact) mass is 369 g/mol. The topological polar surface area (TPSA) is 33.0 Å². The maximum absolute atomic E-state index is 9.44. The fourth-order valence-corrected chi connectivity index (χ4v) is 4.48. The van der Waals surface area contributed by atoms with Crippen molar-refractivity contribution in [2.75, 3.05) is 6.61 Å². The van der Waals surface area contributed by atoms with Crippen LogP contribution in [-0.2, 0) is 0 Å². The summed E-state index contributed by atoms with van der Waals surface area (Å²) in [5, 5.41) is 9.44. The van der Waals surface area contributed by atoms with Crippen molar-refractivity contribution in [2.24, 2.45) is 5.92 Å². The molecule has 2 heteroatoms. The summed E-state index contributed by atoms with van der Waals surface area (Å²) in [7, 11) is 0. The van der Waals surface area contributed by atoms with Crippen molar-refractivity contribution >= 4 is 0 Å². The van der Waals surface area contributed by atoms with Gasteiger partial charge >= 0.3 is 0 Å². The molecule has 0 radical (unpaired) electrons. The van der Waals surface area contributed by atoms with Gasteiger partial charge in [0.25, 0.3) is 0 Å². The van der Waals surface area contributed by atoms with E-state index in [-0.39, 0.29) is 0 Å². The van der Waals surface area contributed by atoms with Crippen LogP contribution in [0.4, 0.5) is 0 Å². The average Bonchev–Trinajstić information content (AvgIpc) is 2.71. The van der Waals surface area contributed by atoms with E-state index in [9.17, 15) is 5.26 Å². The highest BCUT2D eigenvalue weighted by molar-refractivity contribution is 5.50. The van der Waals surface area contributed by atoms with Crippen LogP contribution in [0, 0.1) is 17.2 Å². The van der Waals surface area contributed by atoms with Crippen LogP contribution < -0.4 is 4.74 Å². The molecule has 150 valence electrons. The lowest BCUT2D eigenvalue weighted by Gasteiger charge is -2.30. The van der Waals surface area contributed by atoms with Gasteiger partial charge in [0, 0.05) is 0 Å². The van der Waals surface area contributed by atoms with Crippen LogP contribution in [0.5, 0.6) is 5.75 Å². The van der Waals surface area contributed by atoms with Crippen molar-refractivity contribution in [2.45, 2.75) is 103 Å². The van der Waals surface area contributed by atoms with Gasteiger partial charge in [-0.25, -0.2) is 0 Å². The summed E-state index contributed by atoms with van der Waals surface area (Å²) >= 11 is 0. The van der Waals surface area contributed by atoms with Gasteiger partial charge in [0.05, 0.1) is 12.2 Å². The Balaban J connectivity index is 1.78. The predicted molar refractivity (Wildman–Crippen MR) is 114 cm³/mol. The highest BCUT2D eigenvalue weighted by atomic mass is 16.5. The van der Waals surface area contributed by atoms with Gasteiger partial charge in [-0.05, 0) is 55.6 Å². The lowest BCUT2D eigenvalue weighted by atomic mass is 9.76. The highest BCUT2D eigenvalue weighted by Crippen LogP contribution is 2.42. The molecule has 0 atom stereocenters. The summed E-state index contributed by atoms with van der Waals surface area (Å²) < 4.78 is 5.99. The van der Waals surface area contributed by atoms with Crippen LogP contribution in [0.1, 0.15) is 114 Å². The maximum atomic E-state index is 9.44. The van der Waals surface area contributed by atoms with Gasteiger partial charge in [-0.2, -0.15) is 5.26 Å². The molecule has 0 unspecified atom stereocenters. The first-order valence-corrected chi connectivity index (χ1v) is 11.5. The van der Waals surface area contributed by atoms with E-state index >= 15 is 0 Å². The Kier molecular flexibility index (Phi) is 10.4. The average molecular weight is 370 g/mol. The Morgan fingerprint density at radius 2 is 1.63 bits per heavy atom. The van der Waals surface area contributed by atoms with Crippen molar-refractivity contribution in [3.05, 3.63) is 29.3 Å². The molecule has 2 nitrogen and oxygen atoms in total. The van der Waals surface area contributed by atoms with E-state index in [1.54, 1.807) is 0 Å². The number of nitriles is 1. The number of hydrogen-bond donors (Lipinski definition) is 0. The van der Waals surface area contributed by atoms with E-state index in [1.165, 1.54) is 82.6 Å². The number of hydrogen-bond acceptors (Lipinski definition) is 2. The molecule has 27 heavy (non-hydrogen) atoms. The Bertz CT molecular complexity index is 566. The SMILES string of the molecule is CCCCCCCCCC1CCC(c2cccc(C#N)c2OCCC)CC1. The quantitative estimate of drug-likeness (QED) is 0.353. The van der Waals surface area contributed by atoms with Gasteiger partial charge in [0.15, 0.2) is 0 Å². The van der Waals surface area contributed by atoms with Crippen molar-refractivity contribution in [3.8, 4) is 11.8 Å². The van der Waals surface area contributed by atoms with Gasteiger partial charge in [0.1, 0.15) is 11.8 Å². The third-order valence-corrected chi connectivity index (χ3v) is 6.12. The molecule has 0 heterocycles. The molecule has 0 bridgehead atoms. The number of benzene rings is 1. The van der Waals surface area contributed by atoms with Crippen molar-refractivity contribution in [1.82, 2.24) is 0 Å². The molecule has 1 aliphatic carbocycles. The molecule has 0 spiro atoms. The first-order chi connectivity index (χ1) is 13.3. The minimum atomic E-state index is 0.565. The number of nitrogens with zero attached hydrogens (tertiary/aromatic N) is 1. The summed E-state index contributed by atoms with van der Waals surface area (Å²) in [6.07, 6.45) is 17.4. The molecule has 1 aliphatic rings. The molecule has 1 aromatic carbocycles. The molecule has 0 saturated heterocycles. The zero-order chi connectivity index (χ0) is 19.3. The predicted octanol–water partition coefficient (Wildman–Crippen LogP) is 7.76. The van der Waals surface area contributed by atoms with E-state index in [0.717, 1.165) is 18.1 Å². The molecule has 1 fully saturated rings. The van der Waals surface area contributed by atoms with Crippen LogP contribution in [0.15, 0.2) is 18.2 Å². The molecule has 1 aromatic rings. The van der Waals surface area contributed by atoms with Gasteiger partial charge in [-0.15, -0.1) is 0 Å². The van der Waals surface area contributed by atoms with Gasteiger partial charge in [0.2, 0.25) is 0 Å². The lowest BCUT2D eigenvalue weighted by Crippen LogP contribution is -2.15. The fourth-order valence-electron chi connectivity index (χ4n) is 4.48. The molecule has 2 rings (SSSR count). The molecule has 0 amide bonds. The first-order valence-electron chi connectivity index (χ1n) is 11.5. The summed E-state index contributed by atoms with van der Waals surface area (Å²) in [5.41, 5.74) is 1.98. The largest absolute Gasteiger partial charge is 0.492 e. The number of rotatable bonds is 12. The molecule has 0 aliphatic heterocycles. The van der Waals surface area contributed by atoms with E-state index in [0.29, 0.717) is 18.1 Å². The second kappa shape index (κ2) is 12.8. The molecule has 1 saturated carbocycles. The standard InChI is InChI=1S/C25H39NO/c1-3-5-6-7-8-9-10-12-21-15-17-22(18-16-21)24-14-11-13-23(20-26)25(24)27-19-4-2/h11,13-14,21-22H,3-10,12,15-19H2,1-2H3. The third kappa shape index (κ3) is 7.21. The summed E-state index contributed by atoms with van der Waals surface area (Å²) in [5.74, 6) is 2.34. The smallest absolute Gasteiger partial charge is 0.140 e. The number of para-hydroxylation sites is 1. The molecule has 0 aromatic heterocycles. The summed E-state index contributed by atoms with van der Waals surface area (Å²) in [4.78, 5) is 0. The van der Waals surface area contributed by atoms with Crippen LogP contribution >= 0.6 is 0 Å². The van der Waals surface area contributed by atoms with Crippen LogP contribution in [0.2, 0.25) is 0 Å². The Morgan fingerprint density at radius 3 is 2.30 bits per heavy atom. The fraction of sp³-hybridized carbons (Fsp3) is 0.720. The summed E-state index contributed by atoms with van der Waals surface area (Å²) in [6, 6.07) is 8.42. The third-order valence-electron chi connectivity index (χ3n) is 6.12. The van der Waals surface area contributed by atoms with Crippen LogP contribution in [0.25, 0.3) is 0 Å². The van der Waals surface area contributed by atoms with Crippen molar-refractivity contribution in [1.29, 1.82) is 5.26 Å². The lowest BCUT2D eigenvalue weighted by molar-refractivity contribution is 0.284. The van der Waals surface area contributed by atoms with Crippen LogP contribution in [0.3, 0.4) is 0 Å². The molecular formula is C25H39NO. The number of unbranched alkanes of at least 4 members (excludes halogenated alkanes) is 6. The normalized spacial score (nSPS) is 19.6. The Labute approximate surface area is 167 Å². The second-order valence-corrected chi connectivity index (χ2v) is 8.31. The van der Waals surface area contributed by atoms with Gasteiger partial charge < -0.3 is 4.74 Å². The Morgan fingerprint density at radius 1 is 0.926 bits per heavy atom. The first kappa shape index (κ1) is 21.8. The van der Waals surface area contributed by atoms with Crippen molar-refractivity contribution < 1.29 is 4.74 Å². The summed E-state index contributed by atoms with van der Waals surface area (Å²) in [6.45, 7) is 5.09. The van der Waals surface area contributed by atoms with Crippen molar-refractivity contribution in [3.63, 3.8) is 0 Å². The zero-order valence-electron chi connectivity index (χ0n) is 17.6. The Hall–Kier alpha value is -1.49. The van der Waals surface area contributed by atoms with E-state index < -0.39 is 0 Å². The van der Waals surface area contributed by atoms with Gasteiger partial charge in [-0.1, -0.05) is 77.3 Å². The zero-order valence-corrected chi connectivity index (χ0v) is 17.6. The molecule has 0 N–H and O–H groups in total. The minimum absolute atomic E-state index is 0.565.